The molecule has 4 heteroatoms. The number of benzene rings is 3. The highest BCUT2D eigenvalue weighted by Gasteiger charge is 1.97. The van der Waals surface area contributed by atoms with Crippen LogP contribution in [0.25, 0.3) is 0 Å². The van der Waals surface area contributed by atoms with E-state index in [1.807, 2.05) is 23.9 Å². The van der Waals surface area contributed by atoms with Crippen LogP contribution >= 0.6 is 27.7 Å². The molecule has 4 N–H and O–H groups in total. The SMILES string of the molecule is NCCc1ccc(Br)cc1.NCCc1ccc(SCc2ccccc2)cc1. The van der Waals surface area contributed by atoms with Crippen LogP contribution in [0.5, 0.6) is 0 Å². The highest BCUT2D eigenvalue weighted by atomic mass is 79.9. The summed E-state index contributed by atoms with van der Waals surface area (Å²) in [7, 11) is 0. The van der Waals surface area contributed by atoms with Crippen molar-refractivity contribution in [2.24, 2.45) is 11.5 Å². The Hall–Kier alpha value is -1.59. The Morgan fingerprint density at radius 3 is 1.67 bits per heavy atom. The van der Waals surface area contributed by atoms with Crippen molar-refractivity contribution in [2.45, 2.75) is 23.5 Å². The van der Waals surface area contributed by atoms with Crippen molar-refractivity contribution in [1.29, 1.82) is 0 Å². The first-order valence-corrected chi connectivity index (χ1v) is 10.9. The summed E-state index contributed by atoms with van der Waals surface area (Å²) in [5.74, 6) is 1.02. The van der Waals surface area contributed by atoms with Crippen molar-refractivity contribution in [3.8, 4) is 0 Å². The molecule has 0 saturated heterocycles. The normalized spacial score (nSPS) is 10.2. The van der Waals surface area contributed by atoms with Crippen molar-refractivity contribution in [2.75, 3.05) is 13.1 Å². The van der Waals surface area contributed by atoms with Crippen molar-refractivity contribution in [3.63, 3.8) is 0 Å². The van der Waals surface area contributed by atoms with E-state index in [9.17, 15) is 0 Å². The Bertz CT molecular complexity index is 759. The van der Waals surface area contributed by atoms with Crippen molar-refractivity contribution < 1.29 is 0 Å². The lowest BCUT2D eigenvalue weighted by Crippen LogP contribution is -2.02. The van der Waals surface area contributed by atoms with E-state index in [1.54, 1.807) is 0 Å². The third kappa shape index (κ3) is 8.76. The van der Waals surface area contributed by atoms with Crippen LogP contribution in [0.4, 0.5) is 0 Å². The number of hydrogen-bond acceptors (Lipinski definition) is 3. The maximum Gasteiger partial charge on any atom is 0.0231 e. The van der Waals surface area contributed by atoms with Gasteiger partial charge in [0.2, 0.25) is 0 Å². The van der Waals surface area contributed by atoms with Gasteiger partial charge in [-0.05, 0) is 66.9 Å². The molecule has 0 aliphatic heterocycles. The summed E-state index contributed by atoms with van der Waals surface area (Å²) < 4.78 is 1.12. The molecule has 0 radical (unpaired) electrons. The zero-order valence-corrected chi connectivity index (χ0v) is 17.9. The number of thioether (sulfide) groups is 1. The van der Waals surface area contributed by atoms with Crippen LogP contribution in [0.3, 0.4) is 0 Å². The Labute approximate surface area is 175 Å². The topological polar surface area (TPSA) is 52.0 Å². The number of hydrogen-bond donors (Lipinski definition) is 2. The molecular weight excluding hydrogens is 416 g/mol. The highest BCUT2D eigenvalue weighted by Crippen LogP contribution is 2.22. The number of nitrogens with two attached hydrogens (primary N) is 2. The third-order valence-electron chi connectivity index (χ3n) is 3.95. The van der Waals surface area contributed by atoms with Gasteiger partial charge < -0.3 is 11.5 Å². The molecule has 3 aromatic carbocycles. The predicted molar refractivity (Wildman–Crippen MR) is 122 cm³/mol. The largest absolute Gasteiger partial charge is 0.330 e. The Morgan fingerprint density at radius 2 is 1.15 bits per heavy atom. The van der Waals surface area contributed by atoms with Gasteiger partial charge >= 0.3 is 0 Å². The van der Waals surface area contributed by atoms with Gasteiger partial charge in [-0.15, -0.1) is 11.8 Å². The van der Waals surface area contributed by atoms with E-state index in [0.29, 0.717) is 0 Å². The first-order chi connectivity index (χ1) is 13.2. The first-order valence-electron chi connectivity index (χ1n) is 9.11. The summed E-state index contributed by atoms with van der Waals surface area (Å²) >= 11 is 5.23. The lowest BCUT2D eigenvalue weighted by atomic mass is 10.2. The van der Waals surface area contributed by atoms with Gasteiger partial charge in [-0.1, -0.05) is 70.5 Å². The fraction of sp³-hybridized carbons (Fsp3) is 0.217. The van der Waals surface area contributed by atoms with Crippen molar-refractivity contribution >= 4 is 27.7 Å². The molecule has 0 fully saturated rings. The maximum atomic E-state index is 5.53. The van der Waals surface area contributed by atoms with Gasteiger partial charge in [-0.3, -0.25) is 0 Å². The number of rotatable bonds is 7. The summed E-state index contributed by atoms with van der Waals surface area (Å²) in [6, 6.07) is 27.5. The van der Waals surface area contributed by atoms with Crippen LogP contribution in [-0.4, -0.2) is 13.1 Å². The molecule has 0 amide bonds. The van der Waals surface area contributed by atoms with Crippen LogP contribution in [0.15, 0.2) is 88.2 Å². The van der Waals surface area contributed by atoms with Gasteiger partial charge in [0.25, 0.3) is 0 Å². The minimum absolute atomic E-state index is 0.719. The van der Waals surface area contributed by atoms with Crippen LogP contribution < -0.4 is 11.5 Å². The molecule has 0 aliphatic rings. The van der Waals surface area contributed by atoms with E-state index in [2.05, 4.69) is 82.7 Å². The smallest absolute Gasteiger partial charge is 0.0231 e. The standard InChI is InChI=1S/C15H17NS.C8H10BrN/c16-11-10-13-6-8-15(9-7-13)17-12-14-4-2-1-3-5-14;9-8-3-1-7(2-4-8)5-6-10/h1-9H,10-12,16H2;1-4H,5-6,10H2. The molecule has 0 heterocycles. The van der Waals surface area contributed by atoms with Crippen molar-refractivity contribution in [3.05, 3.63) is 100 Å². The van der Waals surface area contributed by atoms with Crippen LogP contribution in [-0.2, 0) is 18.6 Å². The molecule has 0 spiro atoms. The Morgan fingerprint density at radius 1 is 0.630 bits per heavy atom. The predicted octanol–water partition coefficient (Wildman–Crippen LogP) is 5.43. The van der Waals surface area contributed by atoms with E-state index < -0.39 is 0 Å². The fourth-order valence-corrected chi connectivity index (χ4v) is 3.60. The van der Waals surface area contributed by atoms with E-state index in [1.165, 1.54) is 21.6 Å². The Kier molecular flexibility index (Phi) is 10.2. The molecule has 0 saturated carbocycles. The van der Waals surface area contributed by atoms with Crippen LogP contribution in [0, 0.1) is 0 Å². The molecule has 27 heavy (non-hydrogen) atoms. The summed E-state index contributed by atoms with van der Waals surface area (Å²) in [6.45, 7) is 1.44. The molecule has 0 unspecified atom stereocenters. The quantitative estimate of drug-likeness (QED) is 0.479. The molecule has 0 aromatic heterocycles. The average molecular weight is 443 g/mol. The molecule has 142 valence electrons. The minimum atomic E-state index is 0.719. The van der Waals surface area contributed by atoms with E-state index in [-0.39, 0.29) is 0 Å². The third-order valence-corrected chi connectivity index (χ3v) is 5.56. The molecular formula is C23H27BrN2S. The monoisotopic (exact) mass is 442 g/mol. The molecule has 0 atom stereocenters. The van der Waals surface area contributed by atoms with Gasteiger partial charge in [0, 0.05) is 15.1 Å². The van der Waals surface area contributed by atoms with Gasteiger partial charge in [0.15, 0.2) is 0 Å². The van der Waals surface area contributed by atoms with Crippen LogP contribution in [0.1, 0.15) is 16.7 Å². The van der Waals surface area contributed by atoms with Gasteiger partial charge in [0.05, 0.1) is 0 Å². The summed E-state index contributed by atoms with van der Waals surface area (Å²) in [5.41, 5.74) is 14.9. The molecule has 3 rings (SSSR count). The van der Waals surface area contributed by atoms with Gasteiger partial charge in [-0.2, -0.15) is 0 Å². The van der Waals surface area contributed by atoms with E-state index in [0.717, 1.165) is 36.2 Å². The second kappa shape index (κ2) is 12.7. The molecule has 0 bridgehead atoms. The van der Waals surface area contributed by atoms with Gasteiger partial charge in [0.1, 0.15) is 0 Å². The average Bonchev–Trinajstić information content (AvgIpc) is 2.71. The van der Waals surface area contributed by atoms with Crippen molar-refractivity contribution in [1.82, 2.24) is 0 Å². The lowest BCUT2D eigenvalue weighted by molar-refractivity contribution is 0.966. The maximum absolute atomic E-state index is 5.53. The highest BCUT2D eigenvalue weighted by molar-refractivity contribution is 9.10. The molecule has 0 aliphatic carbocycles. The zero-order chi connectivity index (χ0) is 19.3. The second-order valence-electron chi connectivity index (χ2n) is 6.12. The summed E-state index contributed by atoms with van der Waals surface area (Å²) in [4.78, 5) is 1.31. The zero-order valence-electron chi connectivity index (χ0n) is 15.5. The molecule has 3 aromatic rings. The summed E-state index contributed by atoms with van der Waals surface area (Å²) in [5, 5.41) is 0. The molecule has 2 nitrogen and oxygen atoms in total. The number of halogens is 1. The first kappa shape index (κ1) is 21.7. The fourth-order valence-electron chi connectivity index (χ4n) is 2.48. The summed E-state index contributed by atoms with van der Waals surface area (Å²) in [6.07, 6.45) is 1.93. The van der Waals surface area contributed by atoms with E-state index >= 15 is 0 Å². The van der Waals surface area contributed by atoms with Gasteiger partial charge in [-0.25, -0.2) is 0 Å². The minimum Gasteiger partial charge on any atom is -0.330 e. The second-order valence-corrected chi connectivity index (χ2v) is 8.09. The van der Waals surface area contributed by atoms with Crippen LogP contribution in [0.2, 0.25) is 0 Å². The Balaban J connectivity index is 0.000000223. The van der Waals surface area contributed by atoms with E-state index in [4.69, 9.17) is 11.5 Å². The lowest BCUT2D eigenvalue weighted by Gasteiger charge is -2.03.